The molecule has 1 heterocycles. The molecule has 0 aromatic heterocycles. The number of rotatable bonds is 4. The van der Waals surface area contributed by atoms with Crippen LogP contribution in [0.1, 0.15) is 16.7 Å². The lowest BCUT2D eigenvalue weighted by Crippen LogP contribution is -2.24. The van der Waals surface area contributed by atoms with E-state index in [1.54, 1.807) is 0 Å². The average molecular weight is 297 g/mol. The average Bonchev–Trinajstić information content (AvgIpc) is 2.53. The van der Waals surface area contributed by atoms with Gasteiger partial charge >= 0.3 is 0 Å². The highest BCUT2D eigenvalue weighted by Gasteiger charge is 2.12. The fraction of sp³-hybridized carbons (Fsp3) is 0.278. The molecule has 2 aromatic rings. The van der Waals surface area contributed by atoms with Crippen LogP contribution in [0, 0.1) is 6.92 Å². The van der Waals surface area contributed by atoms with E-state index in [0.717, 1.165) is 28.2 Å². The second-order valence-corrected chi connectivity index (χ2v) is 5.42. The molecule has 1 aliphatic heterocycles. The lowest BCUT2D eigenvalue weighted by Gasteiger charge is -2.19. The summed E-state index contributed by atoms with van der Waals surface area (Å²) in [5.41, 5.74) is 3.19. The Kier molecular flexibility index (Phi) is 4.28. The van der Waals surface area contributed by atoms with E-state index >= 15 is 0 Å². The lowest BCUT2D eigenvalue weighted by molar-refractivity contribution is -0.120. The molecule has 2 aromatic carbocycles. The summed E-state index contributed by atoms with van der Waals surface area (Å²) in [5, 5.41) is 2.94. The van der Waals surface area contributed by atoms with Crippen LogP contribution in [0.15, 0.2) is 42.5 Å². The topological polar surface area (TPSA) is 47.6 Å². The Hall–Kier alpha value is -2.49. The molecular weight excluding hydrogens is 278 g/mol. The highest BCUT2D eigenvalue weighted by Crippen LogP contribution is 2.30. The summed E-state index contributed by atoms with van der Waals surface area (Å²) < 4.78 is 11.0. The van der Waals surface area contributed by atoms with Crippen molar-refractivity contribution in [2.45, 2.75) is 19.9 Å². The van der Waals surface area contributed by atoms with E-state index in [9.17, 15) is 4.79 Å². The van der Waals surface area contributed by atoms with Gasteiger partial charge in [0.1, 0.15) is 13.2 Å². The van der Waals surface area contributed by atoms with Crippen LogP contribution >= 0.6 is 0 Å². The summed E-state index contributed by atoms with van der Waals surface area (Å²) in [6.07, 6.45) is 0.395. The van der Waals surface area contributed by atoms with Crippen molar-refractivity contribution < 1.29 is 14.3 Å². The van der Waals surface area contributed by atoms with Crippen molar-refractivity contribution in [1.29, 1.82) is 0 Å². The highest BCUT2D eigenvalue weighted by atomic mass is 16.6. The van der Waals surface area contributed by atoms with Crippen LogP contribution < -0.4 is 14.8 Å². The number of nitrogens with one attached hydrogen (secondary N) is 1. The maximum Gasteiger partial charge on any atom is 0.224 e. The molecule has 0 unspecified atom stereocenters. The van der Waals surface area contributed by atoms with Crippen LogP contribution in [0.5, 0.6) is 11.5 Å². The summed E-state index contributed by atoms with van der Waals surface area (Å²) in [6.45, 7) is 3.66. The molecule has 0 fully saturated rings. The molecule has 0 aliphatic carbocycles. The lowest BCUT2D eigenvalue weighted by atomic mass is 10.1. The third kappa shape index (κ3) is 3.58. The van der Waals surface area contributed by atoms with Gasteiger partial charge in [-0.25, -0.2) is 0 Å². The van der Waals surface area contributed by atoms with Gasteiger partial charge in [-0.1, -0.05) is 35.9 Å². The molecule has 1 amide bonds. The Labute approximate surface area is 130 Å². The van der Waals surface area contributed by atoms with Crippen LogP contribution in [0.25, 0.3) is 0 Å². The van der Waals surface area contributed by atoms with E-state index in [1.165, 1.54) is 0 Å². The first kappa shape index (κ1) is 14.4. The van der Waals surface area contributed by atoms with Gasteiger partial charge < -0.3 is 14.8 Å². The molecule has 0 saturated carbocycles. The van der Waals surface area contributed by atoms with Crippen molar-refractivity contribution in [3.8, 4) is 11.5 Å². The van der Waals surface area contributed by atoms with Crippen LogP contribution in [0.4, 0.5) is 0 Å². The normalized spacial score (nSPS) is 12.8. The van der Waals surface area contributed by atoms with Gasteiger partial charge in [0, 0.05) is 6.54 Å². The van der Waals surface area contributed by atoms with Crippen LogP contribution in [0.2, 0.25) is 0 Å². The molecular formula is C18H19NO3. The van der Waals surface area contributed by atoms with E-state index in [2.05, 4.69) is 5.32 Å². The first-order valence-corrected chi connectivity index (χ1v) is 7.41. The zero-order chi connectivity index (χ0) is 15.4. The predicted molar refractivity (Wildman–Crippen MR) is 84.2 cm³/mol. The van der Waals surface area contributed by atoms with Crippen molar-refractivity contribution in [3.63, 3.8) is 0 Å². The molecule has 1 aliphatic rings. The molecule has 0 saturated heterocycles. The van der Waals surface area contributed by atoms with Gasteiger partial charge in [0.2, 0.25) is 5.91 Å². The minimum Gasteiger partial charge on any atom is -0.486 e. The monoisotopic (exact) mass is 297 g/mol. The number of carbonyl (C=O) groups excluding carboxylic acids is 1. The van der Waals surface area contributed by atoms with Crippen LogP contribution in [-0.4, -0.2) is 19.1 Å². The maximum absolute atomic E-state index is 12.0. The summed E-state index contributed by atoms with van der Waals surface area (Å²) in [6, 6.07) is 13.7. The molecule has 4 heteroatoms. The van der Waals surface area contributed by atoms with E-state index < -0.39 is 0 Å². The van der Waals surface area contributed by atoms with Crippen LogP contribution in [-0.2, 0) is 17.8 Å². The number of benzene rings is 2. The second kappa shape index (κ2) is 6.52. The smallest absolute Gasteiger partial charge is 0.224 e. The number of hydrogen-bond donors (Lipinski definition) is 1. The molecule has 4 nitrogen and oxygen atoms in total. The largest absolute Gasteiger partial charge is 0.486 e. The van der Waals surface area contributed by atoms with E-state index in [4.69, 9.17) is 9.47 Å². The second-order valence-electron chi connectivity index (χ2n) is 5.42. The fourth-order valence-corrected chi connectivity index (χ4v) is 2.47. The van der Waals surface area contributed by atoms with Gasteiger partial charge in [-0.05, 0) is 30.2 Å². The summed E-state index contributed by atoms with van der Waals surface area (Å²) in [5.74, 6) is 1.53. The first-order valence-electron chi connectivity index (χ1n) is 7.41. The van der Waals surface area contributed by atoms with Gasteiger partial charge in [0.25, 0.3) is 0 Å². The number of aryl methyl sites for hydroxylation is 1. The third-order valence-electron chi connectivity index (χ3n) is 3.54. The molecule has 0 atom stereocenters. The van der Waals surface area contributed by atoms with Crippen molar-refractivity contribution in [2.24, 2.45) is 0 Å². The number of fused-ring (bicyclic) bond motifs is 1. The summed E-state index contributed by atoms with van der Waals surface area (Å²) in [7, 11) is 0. The van der Waals surface area contributed by atoms with Gasteiger partial charge in [0.15, 0.2) is 11.5 Å². The number of ether oxygens (including phenoxy) is 2. The first-order chi connectivity index (χ1) is 10.7. The van der Waals surface area contributed by atoms with Gasteiger partial charge in [0.05, 0.1) is 6.42 Å². The molecule has 22 heavy (non-hydrogen) atoms. The van der Waals surface area contributed by atoms with E-state index in [0.29, 0.717) is 26.2 Å². The highest BCUT2D eigenvalue weighted by molar-refractivity contribution is 5.78. The molecule has 0 radical (unpaired) electrons. The van der Waals surface area contributed by atoms with Crippen molar-refractivity contribution >= 4 is 5.91 Å². The Bertz CT molecular complexity index is 682. The van der Waals surface area contributed by atoms with Crippen LogP contribution in [0.3, 0.4) is 0 Å². The zero-order valence-electron chi connectivity index (χ0n) is 12.6. The fourth-order valence-electron chi connectivity index (χ4n) is 2.47. The Morgan fingerprint density at radius 1 is 1.05 bits per heavy atom. The Morgan fingerprint density at radius 3 is 2.68 bits per heavy atom. The Balaban J connectivity index is 1.57. The van der Waals surface area contributed by atoms with Gasteiger partial charge in [-0.15, -0.1) is 0 Å². The van der Waals surface area contributed by atoms with Gasteiger partial charge in [-0.2, -0.15) is 0 Å². The van der Waals surface area contributed by atoms with E-state index in [-0.39, 0.29) is 5.91 Å². The van der Waals surface area contributed by atoms with Crippen molar-refractivity contribution in [3.05, 3.63) is 59.2 Å². The maximum atomic E-state index is 12.0. The molecule has 1 N–H and O–H groups in total. The standard InChI is InChI=1S/C18H19NO3/c1-13-3-2-4-14(9-13)11-18(20)19-12-15-5-6-16-17(10-15)22-8-7-21-16/h2-6,9-10H,7-8,11-12H2,1H3,(H,19,20). The predicted octanol–water partition coefficient (Wildman–Crippen LogP) is 2.63. The van der Waals surface area contributed by atoms with Crippen molar-refractivity contribution in [2.75, 3.05) is 13.2 Å². The molecule has 0 spiro atoms. The molecule has 0 bridgehead atoms. The third-order valence-corrected chi connectivity index (χ3v) is 3.54. The zero-order valence-corrected chi connectivity index (χ0v) is 12.6. The summed E-state index contributed by atoms with van der Waals surface area (Å²) >= 11 is 0. The SMILES string of the molecule is Cc1cccc(CC(=O)NCc2ccc3c(c2)OCCO3)c1. The number of hydrogen-bond acceptors (Lipinski definition) is 3. The van der Waals surface area contributed by atoms with E-state index in [1.807, 2.05) is 49.4 Å². The minimum atomic E-state index is 0.0143. The Morgan fingerprint density at radius 2 is 1.86 bits per heavy atom. The summed E-state index contributed by atoms with van der Waals surface area (Å²) in [4.78, 5) is 12.0. The quantitative estimate of drug-likeness (QED) is 0.943. The minimum absolute atomic E-state index is 0.0143. The number of amides is 1. The van der Waals surface area contributed by atoms with Crippen molar-refractivity contribution in [1.82, 2.24) is 5.32 Å². The molecule has 114 valence electrons. The number of carbonyl (C=O) groups is 1. The van der Waals surface area contributed by atoms with Gasteiger partial charge in [-0.3, -0.25) is 4.79 Å². The molecule has 3 rings (SSSR count).